The smallest absolute Gasteiger partial charge is 0.257 e. The summed E-state index contributed by atoms with van der Waals surface area (Å²) in [5.41, 5.74) is 2.09. The summed E-state index contributed by atoms with van der Waals surface area (Å²) in [4.78, 5) is 12.0. The highest BCUT2D eigenvalue weighted by Gasteiger charge is 2.11. The predicted octanol–water partition coefficient (Wildman–Crippen LogP) is 4.27. The van der Waals surface area contributed by atoms with Crippen molar-refractivity contribution >= 4 is 43.9 Å². The maximum Gasteiger partial charge on any atom is 0.257 e. The van der Waals surface area contributed by atoms with E-state index in [0.717, 1.165) is 16.6 Å². The van der Waals surface area contributed by atoms with Gasteiger partial charge in [-0.05, 0) is 29.7 Å². The molecule has 2 heterocycles. The number of para-hydroxylation sites is 1. The van der Waals surface area contributed by atoms with Crippen LogP contribution in [0.1, 0.15) is 0 Å². The van der Waals surface area contributed by atoms with Crippen molar-refractivity contribution in [3.8, 4) is 5.69 Å². The van der Waals surface area contributed by atoms with Crippen molar-refractivity contribution < 1.29 is 0 Å². The van der Waals surface area contributed by atoms with Gasteiger partial charge in [-0.25, -0.2) is 0 Å². The van der Waals surface area contributed by atoms with E-state index in [4.69, 9.17) is 0 Å². The molecule has 92 valence electrons. The number of rotatable bonds is 1. The Morgan fingerprint density at radius 2 is 1.63 bits per heavy atom. The molecule has 0 aliphatic carbocycles. The summed E-state index contributed by atoms with van der Waals surface area (Å²) >= 11 is 2.98. The fourth-order valence-corrected chi connectivity index (χ4v) is 4.24. The Labute approximate surface area is 117 Å². The molecule has 0 saturated heterocycles. The Balaban J connectivity index is 2.13. The summed E-state index contributed by atoms with van der Waals surface area (Å²) in [7, 11) is 0. The van der Waals surface area contributed by atoms with Crippen LogP contribution in [0, 0.1) is 0 Å². The summed E-state index contributed by atoms with van der Waals surface area (Å²) in [5.74, 6) is 0. The molecule has 2 aromatic heterocycles. The fraction of sp³-hybridized carbons (Fsp3) is 0. The number of hydrogen-bond acceptors (Lipinski definition) is 3. The van der Waals surface area contributed by atoms with Gasteiger partial charge in [0.1, 0.15) is 0 Å². The van der Waals surface area contributed by atoms with Crippen LogP contribution >= 0.6 is 22.9 Å². The fourth-order valence-electron chi connectivity index (χ4n) is 2.30. The molecule has 0 radical (unpaired) electrons. The molecule has 0 bridgehead atoms. The third-order valence-corrected chi connectivity index (χ3v) is 5.11. The van der Waals surface area contributed by atoms with Crippen molar-refractivity contribution in [3.63, 3.8) is 0 Å². The molecular weight excluding hydrogens is 274 g/mol. The van der Waals surface area contributed by atoms with Crippen LogP contribution in [0.5, 0.6) is 0 Å². The number of aromatic nitrogens is 1. The standard InChI is InChI=1S/C15H9NOS2/c17-15-11-6-1-3-7-12(11)16(19-15)13-9-18-14-8-4-2-5-10(13)14/h1-9H. The number of hydrogen-bond donors (Lipinski definition) is 0. The van der Waals surface area contributed by atoms with Gasteiger partial charge in [0.15, 0.2) is 0 Å². The molecule has 0 fully saturated rings. The highest BCUT2D eigenvalue weighted by atomic mass is 32.1. The molecule has 4 heteroatoms. The van der Waals surface area contributed by atoms with Crippen LogP contribution in [0.25, 0.3) is 26.7 Å². The van der Waals surface area contributed by atoms with Crippen molar-refractivity contribution in [2.75, 3.05) is 0 Å². The molecule has 0 saturated carbocycles. The first-order chi connectivity index (χ1) is 9.34. The van der Waals surface area contributed by atoms with E-state index in [0.29, 0.717) is 0 Å². The van der Waals surface area contributed by atoms with Crippen molar-refractivity contribution in [1.29, 1.82) is 0 Å². The van der Waals surface area contributed by atoms with E-state index in [2.05, 4.69) is 17.5 Å². The summed E-state index contributed by atoms with van der Waals surface area (Å²) in [6.07, 6.45) is 0. The van der Waals surface area contributed by atoms with Crippen LogP contribution in [-0.2, 0) is 0 Å². The number of benzene rings is 2. The van der Waals surface area contributed by atoms with E-state index in [-0.39, 0.29) is 4.74 Å². The lowest BCUT2D eigenvalue weighted by Crippen LogP contribution is -1.87. The Hall–Kier alpha value is -1.91. The van der Waals surface area contributed by atoms with Gasteiger partial charge in [0, 0.05) is 15.5 Å². The summed E-state index contributed by atoms with van der Waals surface area (Å²) in [6, 6.07) is 16.1. The zero-order valence-electron chi connectivity index (χ0n) is 9.87. The van der Waals surface area contributed by atoms with Gasteiger partial charge in [-0.2, -0.15) is 0 Å². The quantitative estimate of drug-likeness (QED) is 0.511. The summed E-state index contributed by atoms with van der Waals surface area (Å²) in [5, 5.41) is 4.11. The first-order valence-corrected chi connectivity index (χ1v) is 7.57. The third kappa shape index (κ3) is 1.57. The lowest BCUT2D eigenvalue weighted by atomic mass is 10.2. The molecule has 0 spiro atoms. The van der Waals surface area contributed by atoms with E-state index in [9.17, 15) is 4.79 Å². The predicted molar refractivity (Wildman–Crippen MR) is 82.8 cm³/mol. The Bertz CT molecular complexity index is 945. The van der Waals surface area contributed by atoms with Crippen LogP contribution in [0.4, 0.5) is 0 Å². The molecule has 0 N–H and O–H groups in total. The highest BCUT2D eigenvalue weighted by molar-refractivity contribution is 7.17. The number of nitrogens with zero attached hydrogens (tertiary/aromatic N) is 1. The van der Waals surface area contributed by atoms with Crippen LogP contribution in [0.15, 0.2) is 58.7 Å². The first kappa shape index (κ1) is 11.0. The molecule has 0 atom stereocenters. The van der Waals surface area contributed by atoms with Gasteiger partial charge < -0.3 is 0 Å². The lowest BCUT2D eigenvalue weighted by molar-refractivity contribution is 1.30. The van der Waals surface area contributed by atoms with E-state index in [1.807, 2.05) is 40.4 Å². The zero-order chi connectivity index (χ0) is 12.8. The Morgan fingerprint density at radius 3 is 2.53 bits per heavy atom. The van der Waals surface area contributed by atoms with Crippen LogP contribution in [0.3, 0.4) is 0 Å². The van der Waals surface area contributed by atoms with Crippen LogP contribution in [0.2, 0.25) is 0 Å². The van der Waals surface area contributed by atoms with Gasteiger partial charge in [-0.15, -0.1) is 11.3 Å². The maximum atomic E-state index is 12.0. The van der Waals surface area contributed by atoms with Gasteiger partial charge in [0.25, 0.3) is 4.74 Å². The number of thiophene rings is 1. The van der Waals surface area contributed by atoms with Crippen molar-refractivity contribution in [1.82, 2.24) is 3.96 Å². The Morgan fingerprint density at radius 1 is 0.895 bits per heavy atom. The molecule has 2 nitrogen and oxygen atoms in total. The summed E-state index contributed by atoms with van der Waals surface area (Å²) in [6.45, 7) is 0. The monoisotopic (exact) mass is 283 g/mol. The minimum Gasteiger partial charge on any atom is -0.276 e. The van der Waals surface area contributed by atoms with Gasteiger partial charge >= 0.3 is 0 Å². The van der Waals surface area contributed by atoms with E-state index >= 15 is 0 Å². The minimum atomic E-state index is 0.117. The second kappa shape index (κ2) is 4.05. The first-order valence-electron chi connectivity index (χ1n) is 5.92. The average molecular weight is 283 g/mol. The molecular formula is C15H9NOS2. The molecule has 4 aromatic rings. The normalized spacial score (nSPS) is 11.4. The lowest BCUT2D eigenvalue weighted by Gasteiger charge is -2.01. The van der Waals surface area contributed by atoms with Gasteiger partial charge in [-0.3, -0.25) is 8.75 Å². The number of fused-ring (bicyclic) bond motifs is 2. The molecule has 0 aliphatic rings. The second-order valence-corrected chi connectivity index (χ2v) is 6.14. The van der Waals surface area contributed by atoms with Gasteiger partial charge in [0.2, 0.25) is 0 Å². The van der Waals surface area contributed by atoms with Crippen LogP contribution < -0.4 is 4.74 Å². The SMILES string of the molecule is O=c1sn(-c2csc3ccccc23)c2ccccc12. The van der Waals surface area contributed by atoms with Crippen LogP contribution in [-0.4, -0.2) is 3.96 Å². The molecule has 19 heavy (non-hydrogen) atoms. The molecule has 0 unspecified atom stereocenters. The largest absolute Gasteiger partial charge is 0.276 e. The molecule has 0 amide bonds. The minimum absolute atomic E-state index is 0.117. The third-order valence-electron chi connectivity index (χ3n) is 3.20. The van der Waals surface area contributed by atoms with Crippen molar-refractivity contribution in [3.05, 3.63) is 63.4 Å². The summed E-state index contributed by atoms with van der Waals surface area (Å²) < 4.78 is 3.40. The van der Waals surface area contributed by atoms with E-state index < -0.39 is 0 Å². The molecule has 2 aromatic carbocycles. The van der Waals surface area contributed by atoms with Gasteiger partial charge in [0.05, 0.1) is 16.6 Å². The highest BCUT2D eigenvalue weighted by Crippen LogP contribution is 2.31. The maximum absolute atomic E-state index is 12.0. The van der Waals surface area contributed by atoms with E-state index in [1.54, 1.807) is 11.3 Å². The Kier molecular flexibility index (Phi) is 2.33. The average Bonchev–Trinajstić information content (AvgIpc) is 3.01. The zero-order valence-corrected chi connectivity index (χ0v) is 11.5. The van der Waals surface area contributed by atoms with E-state index in [1.165, 1.54) is 21.6 Å². The topological polar surface area (TPSA) is 22.0 Å². The van der Waals surface area contributed by atoms with Crippen molar-refractivity contribution in [2.45, 2.75) is 0 Å². The molecule has 4 rings (SSSR count). The van der Waals surface area contributed by atoms with Crippen molar-refractivity contribution in [2.24, 2.45) is 0 Å². The van der Waals surface area contributed by atoms with Gasteiger partial charge in [-0.1, -0.05) is 30.3 Å². The second-order valence-electron chi connectivity index (χ2n) is 4.31. The molecule has 0 aliphatic heterocycles.